The molecule has 2 aromatic rings. The summed E-state index contributed by atoms with van der Waals surface area (Å²) in [4.78, 5) is 4.09. The third-order valence-corrected chi connectivity index (χ3v) is 4.33. The molecule has 1 aromatic heterocycles. The Hall–Kier alpha value is -3.14. The van der Waals surface area contributed by atoms with Crippen LogP contribution in [0.3, 0.4) is 0 Å². The molecule has 0 saturated heterocycles. The molecule has 1 aliphatic rings. The minimum absolute atomic E-state index is 0.255. The van der Waals surface area contributed by atoms with Gasteiger partial charge >= 0.3 is 0 Å². The van der Waals surface area contributed by atoms with Gasteiger partial charge in [0.2, 0.25) is 0 Å². The van der Waals surface area contributed by atoms with Crippen molar-refractivity contribution in [1.82, 2.24) is 4.98 Å². The van der Waals surface area contributed by atoms with E-state index in [1.165, 1.54) is 6.07 Å². The van der Waals surface area contributed by atoms with Gasteiger partial charge in [-0.1, -0.05) is 24.3 Å². The van der Waals surface area contributed by atoms with Gasteiger partial charge in [-0.3, -0.25) is 4.98 Å². The molecule has 0 aliphatic heterocycles. The van der Waals surface area contributed by atoms with Crippen LogP contribution >= 0.6 is 0 Å². The second-order valence-electron chi connectivity index (χ2n) is 6.12. The molecule has 0 unspecified atom stereocenters. The van der Waals surface area contributed by atoms with Gasteiger partial charge in [0.15, 0.2) is 0 Å². The third-order valence-electron chi connectivity index (χ3n) is 4.33. The summed E-state index contributed by atoms with van der Waals surface area (Å²) in [5.74, 6) is 0.531. The lowest BCUT2D eigenvalue weighted by Gasteiger charge is -2.18. The molecule has 4 heteroatoms. The number of pyridine rings is 1. The van der Waals surface area contributed by atoms with Crippen molar-refractivity contribution in [1.29, 1.82) is 0 Å². The van der Waals surface area contributed by atoms with Crippen LogP contribution in [0.25, 0.3) is 11.3 Å². The molecule has 0 amide bonds. The standard InChI is InChI=1S/C22H21FN2O/c1-15(10-22(24)16-6-5-9-25-14-16)17-11-18(13-19(12-17)26-2)20-7-3-4-8-21(20)23/h3-11,13-14H,12,24H2,1-2H3/b17-15-,22-10-. The number of halogens is 1. The van der Waals surface area contributed by atoms with E-state index in [2.05, 4.69) is 4.98 Å². The molecule has 0 spiro atoms. The summed E-state index contributed by atoms with van der Waals surface area (Å²) in [7, 11) is 1.63. The Morgan fingerprint density at radius 2 is 2.00 bits per heavy atom. The fourth-order valence-corrected chi connectivity index (χ4v) is 2.87. The van der Waals surface area contributed by atoms with Crippen LogP contribution in [-0.2, 0) is 4.74 Å². The quantitative estimate of drug-likeness (QED) is 0.859. The summed E-state index contributed by atoms with van der Waals surface area (Å²) in [5, 5.41) is 0. The Labute approximate surface area is 153 Å². The number of methoxy groups -OCH3 is 1. The fourth-order valence-electron chi connectivity index (χ4n) is 2.87. The van der Waals surface area contributed by atoms with Gasteiger partial charge in [0.05, 0.1) is 7.11 Å². The molecule has 1 aliphatic carbocycles. The van der Waals surface area contributed by atoms with E-state index in [0.717, 1.165) is 28.0 Å². The number of hydrogen-bond donors (Lipinski definition) is 1. The molecular weight excluding hydrogens is 327 g/mol. The Morgan fingerprint density at radius 3 is 2.69 bits per heavy atom. The van der Waals surface area contributed by atoms with E-state index in [9.17, 15) is 4.39 Å². The average Bonchev–Trinajstić information content (AvgIpc) is 2.68. The van der Waals surface area contributed by atoms with Crippen molar-refractivity contribution >= 4 is 11.3 Å². The molecule has 0 bridgehead atoms. The first-order chi connectivity index (χ1) is 12.6. The zero-order chi connectivity index (χ0) is 18.5. The van der Waals surface area contributed by atoms with Gasteiger partial charge in [0.25, 0.3) is 0 Å². The van der Waals surface area contributed by atoms with E-state index in [1.807, 2.05) is 43.4 Å². The number of nitrogens with two attached hydrogens (primary N) is 1. The largest absolute Gasteiger partial charge is 0.501 e. The highest BCUT2D eigenvalue weighted by atomic mass is 19.1. The van der Waals surface area contributed by atoms with Crippen molar-refractivity contribution in [2.45, 2.75) is 13.3 Å². The maximum absolute atomic E-state index is 14.2. The Balaban J connectivity index is 2.02. The minimum atomic E-state index is -0.255. The van der Waals surface area contributed by atoms with Gasteiger partial charge in [0, 0.05) is 35.6 Å². The number of allylic oxidation sites excluding steroid dienone is 6. The summed E-state index contributed by atoms with van der Waals surface area (Å²) >= 11 is 0. The highest BCUT2D eigenvalue weighted by Crippen LogP contribution is 2.32. The first kappa shape index (κ1) is 17.7. The molecule has 3 rings (SSSR count). The lowest BCUT2D eigenvalue weighted by molar-refractivity contribution is 0.283. The molecule has 26 heavy (non-hydrogen) atoms. The van der Waals surface area contributed by atoms with Crippen LogP contribution < -0.4 is 5.73 Å². The number of rotatable bonds is 4. The highest BCUT2D eigenvalue weighted by Gasteiger charge is 2.15. The summed E-state index contributed by atoms with van der Waals surface area (Å²) in [5.41, 5.74) is 11.1. The van der Waals surface area contributed by atoms with Crippen molar-refractivity contribution in [3.8, 4) is 0 Å². The second kappa shape index (κ2) is 7.83. The molecular formula is C22H21FN2O. The summed E-state index contributed by atoms with van der Waals surface area (Å²) in [6.45, 7) is 1.99. The van der Waals surface area contributed by atoms with Crippen LogP contribution in [0.1, 0.15) is 24.5 Å². The smallest absolute Gasteiger partial charge is 0.131 e. The Bertz CT molecular complexity index is 924. The van der Waals surface area contributed by atoms with Crippen LogP contribution in [0.4, 0.5) is 4.39 Å². The van der Waals surface area contributed by atoms with Gasteiger partial charge < -0.3 is 10.5 Å². The zero-order valence-corrected chi connectivity index (χ0v) is 14.9. The predicted octanol–water partition coefficient (Wildman–Crippen LogP) is 4.85. The van der Waals surface area contributed by atoms with E-state index in [0.29, 0.717) is 17.7 Å². The van der Waals surface area contributed by atoms with E-state index in [1.54, 1.807) is 31.6 Å². The minimum Gasteiger partial charge on any atom is -0.501 e. The van der Waals surface area contributed by atoms with Crippen LogP contribution in [0, 0.1) is 5.82 Å². The summed E-state index contributed by atoms with van der Waals surface area (Å²) in [6, 6.07) is 10.5. The predicted molar refractivity (Wildman–Crippen MR) is 103 cm³/mol. The van der Waals surface area contributed by atoms with Gasteiger partial charge in [-0.25, -0.2) is 4.39 Å². The van der Waals surface area contributed by atoms with Crippen LogP contribution in [-0.4, -0.2) is 12.1 Å². The first-order valence-electron chi connectivity index (χ1n) is 8.37. The molecule has 132 valence electrons. The average molecular weight is 348 g/mol. The van der Waals surface area contributed by atoms with Crippen molar-refractivity contribution in [2.75, 3.05) is 7.11 Å². The van der Waals surface area contributed by atoms with E-state index in [-0.39, 0.29) is 5.82 Å². The summed E-state index contributed by atoms with van der Waals surface area (Å²) in [6.07, 6.45) is 9.86. The lowest BCUT2D eigenvalue weighted by Crippen LogP contribution is -2.02. The number of aromatic nitrogens is 1. The van der Waals surface area contributed by atoms with E-state index in [4.69, 9.17) is 10.5 Å². The van der Waals surface area contributed by atoms with Crippen molar-refractivity contribution in [3.63, 3.8) is 0 Å². The zero-order valence-electron chi connectivity index (χ0n) is 14.9. The fraction of sp³-hybridized carbons (Fsp3) is 0.136. The van der Waals surface area contributed by atoms with Gasteiger partial charge in [-0.15, -0.1) is 0 Å². The van der Waals surface area contributed by atoms with Crippen molar-refractivity contribution in [3.05, 3.63) is 101 Å². The Morgan fingerprint density at radius 1 is 1.19 bits per heavy atom. The SMILES string of the molecule is COC1=CC(c2ccccc2F)=C/C(=C(C)/C=C(\N)c2cccnc2)C1. The topological polar surface area (TPSA) is 48.1 Å². The third kappa shape index (κ3) is 3.91. The number of hydrogen-bond acceptors (Lipinski definition) is 3. The number of nitrogens with zero attached hydrogens (tertiary/aromatic N) is 1. The molecule has 0 saturated carbocycles. The van der Waals surface area contributed by atoms with E-state index >= 15 is 0 Å². The maximum Gasteiger partial charge on any atom is 0.131 e. The first-order valence-corrected chi connectivity index (χ1v) is 8.37. The summed E-state index contributed by atoms with van der Waals surface area (Å²) < 4.78 is 19.7. The molecule has 0 atom stereocenters. The van der Waals surface area contributed by atoms with Crippen LogP contribution in [0.15, 0.2) is 83.9 Å². The molecule has 1 aromatic carbocycles. The van der Waals surface area contributed by atoms with Crippen LogP contribution in [0.2, 0.25) is 0 Å². The van der Waals surface area contributed by atoms with E-state index < -0.39 is 0 Å². The molecule has 1 heterocycles. The highest BCUT2D eigenvalue weighted by molar-refractivity contribution is 5.79. The van der Waals surface area contributed by atoms with Crippen LogP contribution in [0.5, 0.6) is 0 Å². The Kier molecular flexibility index (Phi) is 5.32. The van der Waals surface area contributed by atoms with Gasteiger partial charge in [-0.2, -0.15) is 0 Å². The van der Waals surface area contributed by atoms with Gasteiger partial charge in [-0.05, 0) is 54.0 Å². The molecule has 2 N–H and O–H groups in total. The van der Waals surface area contributed by atoms with Gasteiger partial charge in [0.1, 0.15) is 11.6 Å². The number of benzene rings is 1. The number of ether oxygens (including phenoxy) is 1. The normalized spacial score (nSPS) is 16.7. The molecule has 3 nitrogen and oxygen atoms in total. The second-order valence-corrected chi connectivity index (χ2v) is 6.12. The monoisotopic (exact) mass is 348 g/mol. The van der Waals surface area contributed by atoms with Crippen molar-refractivity contribution in [2.24, 2.45) is 5.73 Å². The molecule has 0 fully saturated rings. The molecule has 0 radical (unpaired) electrons. The van der Waals surface area contributed by atoms with Crippen molar-refractivity contribution < 1.29 is 9.13 Å². The lowest BCUT2D eigenvalue weighted by atomic mass is 9.92. The maximum atomic E-state index is 14.2.